The van der Waals surface area contributed by atoms with E-state index in [0.29, 0.717) is 26.4 Å². The Bertz CT molecular complexity index is 777. The highest BCUT2D eigenvalue weighted by molar-refractivity contribution is 9.10. The maximum absolute atomic E-state index is 5.49. The number of ether oxygens (including phenoxy) is 4. The Hall–Kier alpha value is 0.200. The number of hydrogen-bond acceptors (Lipinski definition) is 4. The van der Waals surface area contributed by atoms with Gasteiger partial charge in [-0.15, -0.1) is 0 Å². The minimum absolute atomic E-state index is 0. The first-order valence-corrected chi connectivity index (χ1v) is 15.8. The van der Waals surface area contributed by atoms with Gasteiger partial charge in [-0.2, -0.15) is 0 Å². The highest BCUT2D eigenvalue weighted by Crippen LogP contribution is 2.25. The van der Waals surface area contributed by atoms with Crippen molar-refractivity contribution in [2.24, 2.45) is 0 Å². The lowest BCUT2D eigenvalue weighted by Crippen LogP contribution is -1.99. The molecule has 2 aliphatic heterocycles. The summed E-state index contributed by atoms with van der Waals surface area (Å²) in [6.07, 6.45) is 5.84. The van der Waals surface area contributed by atoms with Gasteiger partial charge in [0.05, 0.1) is 26.4 Å². The molecule has 0 saturated carbocycles. The van der Waals surface area contributed by atoms with Gasteiger partial charge in [0.15, 0.2) is 12.6 Å². The SMILES string of the molecule is BrCCCCBr.BrCCCCc1cccc(C2OCCO2)c1.Brc1cccc(C2OCCO2)c1.C. The fourth-order valence-corrected chi connectivity index (χ4v) is 4.87. The Balaban J connectivity index is 0.000000286. The van der Waals surface area contributed by atoms with E-state index in [1.165, 1.54) is 31.2 Å². The van der Waals surface area contributed by atoms with Crippen LogP contribution < -0.4 is 0 Å². The number of benzene rings is 2. The first kappa shape index (κ1) is 33.2. The molecule has 2 aromatic carbocycles. The van der Waals surface area contributed by atoms with E-state index in [-0.39, 0.29) is 20.0 Å². The van der Waals surface area contributed by atoms with Gasteiger partial charge in [-0.05, 0) is 49.8 Å². The molecule has 0 amide bonds. The van der Waals surface area contributed by atoms with Crippen molar-refractivity contribution in [1.29, 1.82) is 0 Å². The van der Waals surface area contributed by atoms with Crippen LogP contribution in [0.5, 0.6) is 0 Å². The minimum Gasteiger partial charge on any atom is -0.346 e. The molecule has 0 aliphatic carbocycles. The van der Waals surface area contributed by atoms with E-state index < -0.39 is 0 Å². The number of aryl methyl sites for hydroxylation is 1. The van der Waals surface area contributed by atoms with Crippen molar-refractivity contribution in [1.82, 2.24) is 0 Å². The molecule has 0 bridgehead atoms. The number of halogens is 4. The van der Waals surface area contributed by atoms with Crippen LogP contribution >= 0.6 is 63.7 Å². The first-order valence-electron chi connectivity index (χ1n) is 11.7. The van der Waals surface area contributed by atoms with Crippen LogP contribution in [0.1, 0.15) is 62.4 Å². The van der Waals surface area contributed by atoms with Gasteiger partial charge in [0, 0.05) is 31.6 Å². The molecule has 0 radical (unpaired) electrons. The highest BCUT2D eigenvalue weighted by Gasteiger charge is 2.18. The van der Waals surface area contributed by atoms with E-state index in [2.05, 4.69) is 88.0 Å². The zero-order chi connectivity index (χ0) is 24.4. The van der Waals surface area contributed by atoms with Gasteiger partial charge in [-0.25, -0.2) is 0 Å². The van der Waals surface area contributed by atoms with Gasteiger partial charge >= 0.3 is 0 Å². The predicted octanol–water partition coefficient (Wildman–Crippen LogP) is 9.14. The molecule has 35 heavy (non-hydrogen) atoms. The molecule has 2 aliphatic rings. The number of alkyl halides is 3. The average Bonchev–Trinajstić information content (AvgIpc) is 3.59. The minimum atomic E-state index is -0.164. The monoisotopic (exact) mass is 742 g/mol. The van der Waals surface area contributed by atoms with Crippen LogP contribution in [-0.4, -0.2) is 42.4 Å². The summed E-state index contributed by atoms with van der Waals surface area (Å²) in [5.74, 6) is 0. The Kier molecular flexibility index (Phi) is 20.1. The molecule has 4 rings (SSSR count). The van der Waals surface area contributed by atoms with E-state index in [0.717, 1.165) is 38.0 Å². The molecule has 0 unspecified atom stereocenters. The molecule has 4 nitrogen and oxygen atoms in total. The van der Waals surface area contributed by atoms with Gasteiger partial charge in [0.2, 0.25) is 0 Å². The maximum Gasteiger partial charge on any atom is 0.184 e. The second-order valence-corrected chi connectivity index (χ2v) is 11.0. The van der Waals surface area contributed by atoms with Crippen molar-refractivity contribution in [2.45, 2.75) is 52.1 Å². The van der Waals surface area contributed by atoms with Crippen LogP contribution in [-0.2, 0) is 25.4 Å². The third-order valence-electron chi connectivity index (χ3n) is 4.95. The summed E-state index contributed by atoms with van der Waals surface area (Å²) >= 11 is 13.5. The fraction of sp³-hybridized carbons (Fsp3) is 0.556. The van der Waals surface area contributed by atoms with E-state index in [1.807, 2.05) is 24.3 Å². The number of hydrogen-bond donors (Lipinski definition) is 0. The van der Waals surface area contributed by atoms with Crippen LogP contribution in [0.15, 0.2) is 53.0 Å². The van der Waals surface area contributed by atoms with Gasteiger partial charge in [0.1, 0.15) is 0 Å². The summed E-state index contributed by atoms with van der Waals surface area (Å²) in [6, 6.07) is 16.5. The van der Waals surface area contributed by atoms with Gasteiger partial charge in [-0.3, -0.25) is 0 Å². The Morgan fingerprint density at radius 1 is 0.629 bits per heavy atom. The quantitative estimate of drug-likeness (QED) is 0.190. The lowest BCUT2D eigenvalue weighted by atomic mass is 10.1. The van der Waals surface area contributed by atoms with Crippen molar-refractivity contribution in [3.05, 3.63) is 69.7 Å². The van der Waals surface area contributed by atoms with Crippen molar-refractivity contribution < 1.29 is 18.9 Å². The van der Waals surface area contributed by atoms with E-state index >= 15 is 0 Å². The molecule has 2 aromatic rings. The normalized spacial score (nSPS) is 15.5. The highest BCUT2D eigenvalue weighted by atomic mass is 79.9. The van der Waals surface area contributed by atoms with Gasteiger partial charge in [0.25, 0.3) is 0 Å². The van der Waals surface area contributed by atoms with Crippen LogP contribution in [0, 0.1) is 0 Å². The molecule has 2 fully saturated rings. The van der Waals surface area contributed by atoms with Crippen LogP contribution in [0.3, 0.4) is 0 Å². The molecular formula is C27H38Br4O4. The molecule has 0 N–H and O–H groups in total. The third-order valence-corrected chi connectivity index (χ3v) is 7.13. The molecule has 198 valence electrons. The Morgan fingerprint density at radius 3 is 1.57 bits per heavy atom. The molecular weight excluding hydrogens is 708 g/mol. The predicted molar refractivity (Wildman–Crippen MR) is 160 cm³/mol. The summed E-state index contributed by atoms with van der Waals surface area (Å²) in [5.41, 5.74) is 3.59. The Morgan fingerprint density at radius 2 is 1.09 bits per heavy atom. The lowest BCUT2D eigenvalue weighted by molar-refractivity contribution is -0.0443. The molecule has 2 saturated heterocycles. The van der Waals surface area contributed by atoms with Gasteiger partial charge < -0.3 is 18.9 Å². The van der Waals surface area contributed by atoms with Gasteiger partial charge in [-0.1, -0.05) is 108 Å². The number of unbranched alkanes of at least 4 members (excludes halogenated alkanes) is 2. The first-order chi connectivity index (χ1) is 16.7. The van der Waals surface area contributed by atoms with Crippen molar-refractivity contribution >= 4 is 63.7 Å². The van der Waals surface area contributed by atoms with E-state index in [1.54, 1.807) is 0 Å². The van der Waals surface area contributed by atoms with Crippen LogP contribution in [0.25, 0.3) is 0 Å². The summed E-state index contributed by atoms with van der Waals surface area (Å²) in [6.45, 7) is 2.80. The fourth-order valence-electron chi connectivity index (χ4n) is 3.26. The largest absolute Gasteiger partial charge is 0.346 e. The zero-order valence-corrected chi connectivity index (χ0v) is 25.7. The van der Waals surface area contributed by atoms with E-state index in [4.69, 9.17) is 18.9 Å². The topological polar surface area (TPSA) is 36.9 Å². The summed E-state index contributed by atoms with van der Waals surface area (Å²) < 4.78 is 22.7. The molecule has 8 heteroatoms. The van der Waals surface area contributed by atoms with Crippen LogP contribution in [0.4, 0.5) is 0 Å². The molecule has 0 aromatic heterocycles. The van der Waals surface area contributed by atoms with Crippen molar-refractivity contribution in [2.75, 3.05) is 42.4 Å². The van der Waals surface area contributed by atoms with E-state index in [9.17, 15) is 0 Å². The summed E-state index contributed by atoms with van der Waals surface area (Å²) in [7, 11) is 0. The van der Waals surface area contributed by atoms with Crippen molar-refractivity contribution in [3.63, 3.8) is 0 Å². The second-order valence-electron chi connectivity index (χ2n) is 7.68. The standard InChI is InChI=1S/C13H17BrO2.C9H9BrO2.C4H8Br2.CH4/c14-7-2-1-4-11-5-3-6-12(10-11)13-15-8-9-16-13;10-8-3-1-2-7(6-8)9-11-4-5-12-9;5-3-1-2-4-6;/h3,5-6,10,13H,1-2,4,7-9H2;1-3,6,9H,4-5H2;1-4H2;1H4. The number of rotatable bonds is 9. The zero-order valence-electron chi connectivity index (χ0n) is 19.4. The third kappa shape index (κ3) is 14.1. The molecule has 0 spiro atoms. The smallest absolute Gasteiger partial charge is 0.184 e. The average molecular weight is 746 g/mol. The Labute approximate surface area is 245 Å². The lowest BCUT2D eigenvalue weighted by Gasteiger charge is -2.10. The summed E-state index contributed by atoms with van der Waals surface area (Å²) in [4.78, 5) is 0. The second kappa shape index (κ2) is 21.2. The molecule has 0 atom stereocenters. The van der Waals surface area contributed by atoms with Crippen molar-refractivity contribution in [3.8, 4) is 0 Å². The maximum atomic E-state index is 5.49. The van der Waals surface area contributed by atoms with Crippen LogP contribution in [0.2, 0.25) is 0 Å². The summed E-state index contributed by atoms with van der Waals surface area (Å²) in [5, 5.41) is 3.36. The molecule has 2 heterocycles.